The van der Waals surface area contributed by atoms with Gasteiger partial charge in [0.25, 0.3) is 5.91 Å². The molecule has 0 atom stereocenters. The van der Waals surface area contributed by atoms with Crippen molar-refractivity contribution in [1.29, 1.82) is 0 Å². The minimum Gasteiger partial charge on any atom is -0.497 e. The number of carbonyl (C=O) groups excluding carboxylic acids is 2. The Morgan fingerprint density at radius 2 is 1.97 bits per heavy atom. The predicted molar refractivity (Wildman–Crippen MR) is 118 cm³/mol. The summed E-state index contributed by atoms with van der Waals surface area (Å²) in [5.41, 5.74) is 2.24. The zero-order chi connectivity index (χ0) is 23.0. The molecule has 2 aromatic heterocycles. The van der Waals surface area contributed by atoms with E-state index < -0.39 is 5.54 Å². The fraction of sp³-hybridized carbons (Fsp3) is 0.391. The number of carbonyl (C=O) groups is 2. The molecule has 3 heterocycles. The number of rotatable bonds is 7. The van der Waals surface area contributed by atoms with Crippen molar-refractivity contribution in [3.05, 3.63) is 59.2 Å². The number of methoxy groups -OCH3 is 1. The minimum atomic E-state index is -0.959. The lowest BCUT2D eigenvalue weighted by atomic mass is 10.0. The summed E-state index contributed by atoms with van der Waals surface area (Å²) in [6, 6.07) is 7.36. The lowest BCUT2D eigenvalue weighted by molar-refractivity contribution is -0.123. The molecule has 32 heavy (non-hydrogen) atoms. The van der Waals surface area contributed by atoms with Gasteiger partial charge in [0.2, 0.25) is 0 Å². The van der Waals surface area contributed by atoms with Crippen LogP contribution in [0, 0.1) is 13.8 Å². The third-order valence-corrected chi connectivity index (χ3v) is 5.96. The van der Waals surface area contributed by atoms with E-state index >= 15 is 0 Å². The summed E-state index contributed by atoms with van der Waals surface area (Å²) < 4.78 is 12.2. The molecule has 1 aromatic carbocycles. The molecule has 1 saturated heterocycles. The van der Waals surface area contributed by atoms with E-state index in [0.29, 0.717) is 25.2 Å². The molecule has 9 heteroatoms. The maximum absolute atomic E-state index is 13.3. The van der Waals surface area contributed by atoms with E-state index in [-0.39, 0.29) is 11.9 Å². The van der Waals surface area contributed by atoms with Gasteiger partial charge in [0.1, 0.15) is 17.0 Å². The minimum absolute atomic E-state index is 0.273. The van der Waals surface area contributed by atoms with E-state index in [0.717, 1.165) is 28.3 Å². The molecule has 0 radical (unpaired) electrons. The molecule has 9 nitrogen and oxygen atoms in total. The zero-order valence-corrected chi connectivity index (χ0v) is 19.0. The van der Waals surface area contributed by atoms with Crippen molar-refractivity contribution in [2.45, 2.75) is 46.2 Å². The van der Waals surface area contributed by atoms with Crippen LogP contribution in [0.2, 0.25) is 0 Å². The fourth-order valence-corrected chi connectivity index (χ4v) is 3.95. The van der Waals surface area contributed by atoms with Crippen LogP contribution in [0.25, 0.3) is 0 Å². The molecular weight excluding hydrogens is 410 g/mol. The van der Waals surface area contributed by atoms with Crippen LogP contribution in [0.3, 0.4) is 0 Å². The second kappa shape index (κ2) is 8.14. The highest BCUT2D eigenvalue weighted by Crippen LogP contribution is 2.32. The normalized spacial score (nSPS) is 15.7. The monoisotopic (exact) mass is 437 g/mol. The molecular formula is C23H27N5O4. The van der Waals surface area contributed by atoms with Gasteiger partial charge >= 0.3 is 6.03 Å². The highest BCUT2D eigenvalue weighted by molar-refractivity contribution is 6.22. The van der Waals surface area contributed by atoms with Gasteiger partial charge in [-0.2, -0.15) is 5.10 Å². The van der Waals surface area contributed by atoms with Gasteiger partial charge in [-0.05, 0) is 51.8 Å². The van der Waals surface area contributed by atoms with Crippen molar-refractivity contribution < 1.29 is 18.8 Å². The fourth-order valence-electron chi connectivity index (χ4n) is 3.95. The van der Waals surface area contributed by atoms with Gasteiger partial charge in [0.05, 0.1) is 31.2 Å². The first-order chi connectivity index (χ1) is 15.2. The molecule has 168 valence electrons. The summed E-state index contributed by atoms with van der Waals surface area (Å²) in [6.45, 7) is 8.11. The van der Waals surface area contributed by atoms with Crippen LogP contribution in [0.1, 0.15) is 36.4 Å². The smallest absolute Gasteiger partial charge is 0.332 e. The van der Waals surface area contributed by atoms with Crippen LogP contribution in [0.4, 0.5) is 10.5 Å². The third kappa shape index (κ3) is 3.74. The number of benzene rings is 1. The summed E-state index contributed by atoms with van der Waals surface area (Å²) in [5, 5.41) is 8.30. The van der Waals surface area contributed by atoms with E-state index in [2.05, 4.69) is 10.3 Å². The van der Waals surface area contributed by atoms with Crippen LogP contribution in [0.15, 0.2) is 41.2 Å². The summed E-state index contributed by atoms with van der Waals surface area (Å²) in [7, 11) is 1.62. The Bertz CT molecular complexity index is 1140. The van der Waals surface area contributed by atoms with E-state index in [9.17, 15) is 9.59 Å². The molecule has 1 aliphatic rings. The summed E-state index contributed by atoms with van der Waals surface area (Å²) in [5.74, 6) is 1.21. The Kier molecular flexibility index (Phi) is 5.50. The number of anilines is 1. The van der Waals surface area contributed by atoms with Crippen LogP contribution < -0.4 is 9.64 Å². The van der Waals surface area contributed by atoms with Crippen molar-refractivity contribution in [2.24, 2.45) is 0 Å². The average Bonchev–Trinajstić information content (AvgIpc) is 3.40. The number of urea groups is 1. The van der Waals surface area contributed by atoms with E-state index in [1.165, 1.54) is 11.1 Å². The van der Waals surface area contributed by atoms with E-state index in [1.54, 1.807) is 36.7 Å². The van der Waals surface area contributed by atoms with Crippen molar-refractivity contribution >= 4 is 17.6 Å². The number of nitrogens with zero attached hydrogens (tertiary/aromatic N) is 5. The molecule has 0 saturated carbocycles. The number of aromatic nitrogens is 3. The van der Waals surface area contributed by atoms with Gasteiger partial charge in [-0.15, -0.1) is 0 Å². The van der Waals surface area contributed by atoms with Gasteiger partial charge in [-0.3, -0.25) is 9.48 Å². The first kappa shape index (κ1) is 21.6. The van der Waals surface area contributed by atoms with Crippen LogP contribution in [-0.4, -0.2) is 51.0 Å². The summed E-state index contributed by atoms with van der Waals surface area (Å²) in [4.78, 5) is 29.3. The second-order valence-corrected chi connectivity index (χ2v) is 8.43. The lowest BCUT2D eigenvalue weighted by Crippen LogP contribution is -2.45. The molecule has 0 N–H and O–H groups in total. The number of hydrogen-bond donors (Lipinski definition) is 0. The van der Waals surface area contributed by atoms with Gasteiger partial charge in [0, 0.05) is 18.3 Å². The molecule has 1 fully saturated rings. The maximum Gasteiger partial charge on any atom is 0.332 e. The SMILES string of the molecule is COc1cccc(CCN2C(=O)N(c3cnn(Cc4c(C)noc4C)c3)C(=O)C2(C)C)c1. The number of aryl methyl sites for hydroxylation is 2. The summed E-state index contributed by atoms with van der Waals surface area (Å²) in [6.07, 6.45) is 3.84. The Morgan fingerprint density at radius 3 is 2.66 bits per heavy atom. The quantitative estimate of drug-likeness (QED) is 0.526. The average molecular weight is 438 g/mol. The standard InChI is InChI=1S/C23H27N5O4/c1-15-20(16(2)32-25-15)14-26-13-18(12-24-26)28-21(29)23(3,4)27(22(28)30)10-9-17-7-6-8-19(11-17)31-5/h6-8,11-13H,9-10,14H2,1-5H3. The number of ether oxygens (including phenoxy) is 1. The predicted octanol–water partition coefficient (Wildman–Crippen LogP) is 3.33. The van der Waals surface area contributed by atoms with Crippen molar-refractivity contribution in [1.82, 2.24) is 19.8 Å². The highest BCUT2D eigenvalue weighted by atomic mass is 16.5. The zero-order valence-electron chi connectivity index (χ0n) is 19.0. The van der Waals surface area contributed by atoms with E-state index in [1.807, 2.05) is 38.1 Å². The number of hydrogen-bond acceptors (Lipinski definition) is 6. The van der Waals surface area contributed by atoms with Crippen LogP contribution in [0.5, 0.6) is 5.75 Å². The molecule has 0 aliphatic carbocycles. The lowest BCUT2D eigenvalue weighted by Gasteiger charge is -2.27. The second-order valence-electron chi connectivity index (χ2n) is 8.43. The molecule has 0 spiro atoms. The van der Waals surface area contributed by atoms with Gasteiger partial charge in [0.15, 0.2) is 0 Å². The Morgan fingerprint density at radius 1 is 1.19 bits per heavy atom. The van der Waals surface area contributed by atoms with Crippen LogP contribution >= 0.6 is 0 Å². The van der Waals surface area contributed by atoms with Crippen molar-refractivity contribution in [3.8, 4) is 5.75 Å². The third-order valence-electron chi connectivity index (χ3n) is 5.96. The highest BCUT2D eigenvalue weighted by Gasteiger charge is 2.51. The number of imide groups is 1. The van der Waals surface area contributed by atoms with Gasteiger partial charge in [-0.1, -0.05) is 17.3 Å². The molecule has 3 amide bonds. The van der Waals surface area contributed by atoms with Gasteiger partial charge < -0.3 is 14.2 Å². The molecule has 0 bridgehead atoms. The Balaban J connectivity index is 1.52. The molecule has 4 rings (SSSR count). The largest absolute Gasteiger partial charge is 0.497 e. The van der Waals surface area contributed by atoms with Crippen molar-refractivity contribution in [3.63, 3.8) is 0 Å². The molecule has 3 aromatic rings. The van der Waals surface area contributed by atoms with E-state index in [4.69, 9.17) is 9.26 Å². The van der Waals surface area contributed by atoms with Crippen molar-refractivity contribution in [2.75, 3.05) is 18.6 Å². The number of amides is 3. The summed E-state index contributed by atoms with van der Waals surface area (Å²) >= 11 is 0. The van der Waals surface area contributed by atoms with Crippen LogP contribution in [-0.2, 0) is 17.8 Å². The Hall–Kier alpha value is -3.62. The Labute approximate surface area is 186 Å². The first-order valence-corrected chi connectivity index (χ1v) is 10.5. The maximum atomic E-state index is 13.3. The first-order valence-electron chi connectivity index (χ1n) is 10.5. The van der Waals surface area contributed by atoms with Gasteiger partial charge in [-0.25, -0.2) is 9.69 Å². The topological polar surface area (TPSA) is 93.7 Å². The molecule has 1 aliphatic heterocycles. The molecule has 0 unspecified atom stereocenters.